The van der Waals surface area contributed by atoms with Gasteiger partial charge in [0, 0.05) is 0 Å². The fourth-order valence-corrected chi connectivity index (χ4v) is 1.22. The zero-order valence-electron chi connectivity index (χ0n) is 7.24. The number of hydrogen-bond acceptors (Lipinski definition) is 3. The van der Waals surface area contributed by atoms with Crippen molar-refractivity contribution in [3.05, 3.63) is 12.2 Å². The van der Waals surface area contributed by atoms with Crippen molar-refractivity contribution in [2.24, 2.45) is 11.8 Å². The molecule has 0 bridgehead atoms. The molecule has 0 amide bonds. The molecule has 0 aromatic rings. The molecule has 1 aliphatic heterocycles. The van der Waals surface area contributed by atoms with E-state index in [1.165, 1.54) is 0 Å². The summed E-state index contributed by atoms with van der Waals surface area (Å²) in [6.45, 7) is 3.61. The molecule has 0 aromatic carbocycles. The molecule has 1 fully saturated rings. The maximum Gasteiger partial charge on any atom is 0.317 e. The van der Waals surface area contributed by atoms with E-state index in [9.17, 15) is 9.59 Å². The standard InChI is InChI=1S/C9H12O3/c1-3-4-5-7-6(2)8(10)12-9(7)11/h3-4,6-7H,5H2,1-2H3/b4-3+. The molecule has 1 rings (SSSR count). The molecule has 0 saturated carbocycles. The fourth-order valence-electron chi connectivity index (χ4n) is 1.22. The molecule has 0 spiro atoms. The fraction of sp³-hybridized carbons (Fsp3) is 0.556. The highest BCUT2D eigenvalue weighted by Gasteiger charge is 2.39. The van der Waals surface area contributed by atoms with Crippen LogP contribution in [0.1, 0.15) is 20.3 Å². The summed E-state index contributed by atoms with van der Waals surface area (Å²) in [5.41, 5.74) is 0. The Morgan fingerprint density at radius 3 is 2.50 bits per heavy atom. The molecular formula is C9H12O3. The Morgan fingerprint density at radius 1 is 1.42 bits per heavy atom. The predicted molar refractivity (Wildman–Crippen MR) is 43.2 cm³/mol. The minimum Gasteiger partial charge on any atom is -0.393 e. The van der Waals surface area contributed by atoms with E-state index in [1.807, 2.05) is 19.1 Å². The summed E-state index contributed by atoms with van der Waals surface area (Å²) in [4.78, 5) is 21.9. The van der Waals surface area contributed by atoms with E-state index in [2.05, 4.69) is 4.74 Å². The maximum absolute atomic E-state index is 11.0. The van der Waals surface area contributed by atoms with Crippen molar-refractivity contribution < 1.29 is 14.3 Å². The van der Waals surface area contributed by atoms with E-state index >= 15 is 0 Å². The molecule has 0 aromatic heterocycles. The van der Waals surface area contributed by atoms with Gasteiger partial charge in [-0.05, 0) is 13.3 Å². The van der Waals surface area contributed by atoms with Crippen molar-refractivity contribution >= 4 is 11.9 Å². The predicted octanol–water partition coefficient (Wildman–Crippen LogP) is 1.29. The van der Waals surface area contributed by atoms with Crippen LogP contribution in [0.3, 0.4) is 0 Å². The van der Waals surface area contributed by atoms with Crippen LogP contribution in [0.4, 0.5) is 0 Å². The summed E-state index contributed by atoms with van der Waals surface area (Å²) in [5.74, 6) is -1.33. The topological polar surface area (TPSA) is 43.4 Å². The van der Waals surface area contributed by atoms with Crippen molar-refractivity contribution in [1.29, 1.82) is 0 Å². The first-order chi connectivity index (χ1) is 5.66. The van der Waals surface area contributed by atoms with Gasteiger partial charge in [-0.3, -0.25) is 9.59 Å². The van der Waals surface area contributed by atoms with Crippen LogP contribution in [-0.2, 0) is 14.3 Å². The Kier molecular flexibility index (Phi) is 2.63. The third-order valence-corrected chi connectivity index (χ3v) is 2.10. The van der Waals surface area contributed by atoms with E-state index in [4.69, 9.17) is 0 Å². The molecular weight excluding hydrogens is 156 g/mol. The van der Waals surface area contributed by atoms with Crippen LogP contribution in [0.2, 0.25) is 0 Å². The number of rotatable bonds is 2. The largest absolute Gasteiger partial charge is 0.393 e. The van der Waals surface area contributed by atoms with Gasteiger partial charge >= 0.3 is 11.9 Å². The minimum absolute atomic E-state index is 0.270. The zero-order valence-corrected chi connectivity index (χ0v) is 7.24. The highest BCUT2D eigenvalue weighted by Crippen LogP contribution is 2.26. The number of carbonyl (C=O) groups excluding carboxylic acids is 2. The number of ether oxygens (including phenoxy) is 1. The lowest BCUT2D eigenvalue weighted by molar-refractivity contribution is -0.153. The van der Waals surface area contributed by atoms with Gasteiger partial charge in [-0.15, -0.1) is 0 Å². The Labute approximate surface area is 71.4 Å². The lowest BCUT2D eigenvalue weighted by atomic mass is 9.93. The quantitative estimate of drug-likeness (QED) is 0.354. The van der Waals surface area contributed by atoms with Gasteiger partial charge in [0.1, 0.15) is 0 Å². The SMILES string of the molecule is C/C=C/CC1C(=O)OC(=O)C1C. The van der Waals surface area contributed by atoms with Gasteiger partial charge in [0.15, 0.2) is 0 Å². The number of hydrogen-bond donors (Lipinski definition) is 0. The molecule has 66 valence electrons. The highest BCUT2D eigenvalue weighted by molar-refractivity contribution is 5.96. The van der Waals surface area contributed by atoms with Crippen molar-refractivity contribution in [3.8, 4) is 0 Å². The van der Waals surface area contributed by atoms with Crippen LogP contribution in [0, 0.1) is 11.8 Å². The molecule has 0 aliphatic carbocycles. The Bertz CT molecular complexity index is 230. The summed E-state index contributed by atoms with van der Waals surface area (Å²) < 4.78 is 4.47. The highest BCUT2D eigenvalue weighted by atomic mass is 16.6. The first-order valence-corrected chi connectivity index (χ1v) is 4.03. The first kappa shape index (κ1) is 8.97. The van der Waals surface area contributed by atoms with Gasteiger partial charge in [-0.25, -0.2) is 0 Å². The Balaban J connectivity index is 2.63. The molecule has 0 N–H and O–H groups in total. The summed E-state index contributed by atoms with van der Waals surface area (Å²) in [6.07, 6.45) is 4.34. The van der Waals surface area contributed by atoms with Crippen LogP contribution >= 0.6 is 0 Å². The van der Waals surface area contributed by atoms with Gasteiger partial charge in [-0.1, -0.05) is 19.1 Å². The molecule has 2 unspecified atom stereocenters. The van der Waals surface area contributed by atoms with Crippen molar-refractivity contribution in [2.45, 2.75) is 20.3 Å². The molecule has 1 heterocycles. The summed E-state index contributed by atoms with van der Waals surface area (Å²) >= 11 is 0. The third-order valence-electron chi connectivity index (χ3n) is 2.10. The summed E-state index contributed by atoms with van der Waals surface area (Å²) in [6, 6.07) is 0. The second kappa shape index (κ2) is 3.52. The number of esters is 2. The Morgan fingerprint density at radius 2 is 2.08 bits per heavy atom. The lowest BCUT2D eigenvalue weighted by Crippen LogP contribution is -2.13. The van der Waals surface area contributed by atoms with Crippen molar-refractivity contribution in [1.82, 2.24) is 0 Å². The smallest absolute Gasteiger partial charge is 0.317 e. The molecule has 1 aliphatic rings. The lowest BCUT2D eigenvalue weighted by Gasteiger charge is -2.03. The summed E-state index contributed by atoms with van der Waals surface area (Å²) in [7, 11) is 0. The monoisotopic (exact) mass is 168 g/mol. The minimum atomic E-state index is -0.394. The molecule has 3 heteroatoms. The molecule has 0 radical (unpaired) electrons. The molecule has 1 saturated heterocycles. The second-order valence-corrected chi connectivity index (χ2v) is 2.94. The average molecular weight is 168 g/mol. The maximum atomic E-state index is 11.0. The van der Waals surface area contributed by atoms with Crippen molar-refractivity contribution in [2.75, 3.05) is 0 Å². The van der Waals surface area contributed by atoms with E-state index < -0.39 is 5.97 Å². The molecule has 3 nitrogen and oxygen atoms in total. The van der Waals surface area contributed by atoms with Crippen LogP contribution < -0.4 is 0 Å². The first-order valence-electron chi connectivity index (χ1n) is 4.03. The molecule has 12 heavy (non-hydrogen) atoms. The van der Waals surface area contributed by atoms with Crippen LogP contribution in [0.15, 0.2) is 12.2 Å². The molecule has 2 atom stereocenters. The van der Waals surface area contributed by atoms with Gasteiger partial charge in [-0.2, -0.15) is 0 Å². The number of cyclic esters (lactones) is 2. The van der Waals surface area contributed by atoms with Gasteiger partial charge in [0.2, 0.25) is 0 Å². The van der Waals surface area contributed by atoms with Gasteiger partial charge in [0.25, 0.3) is 0 Å². The number of carbonyl (C=O) groups is 2. The van der Waals surface area contributed by atoms with Gasteiger partial charge in [0.05, 0.1) is 11.8 Å². The zero-order chi connectivity index (χ0) is 9.14. The van der Waals surface area contributed by atoms with Gasteiger partial charge < -0.3 is 4.74 Å². The third kappa shape index (κ3) is 1.55. The van der Waals surface area contributed by atoms with E-state index in [-0.39, 0.29) is 17.8 Å². The van der Waals surface area contributed by atoms with Crippen LogP contribution in [-0.4, -0.2) is 11.9 Å². The van der Waals surface area contributed by atoms with Crippen LogP contribution in [0.25, 0.3) is 0 Å². The Hall–Kier alpha value is -1.12. The normalized spacial score (nSPS) is 29.8. The average Bonchev–Trinajstić information content (AvgIpc) is 2.25. The van der Waals surface area contributed by atoms with E-state index in [1.54, 1.807) is 6.92 Å². The van der Waals surface area contributed by atoms with E-state index in [0.717, 1.165) is 0 Å². The van der Waals surface area contributed by atoms with Crippen LogP contribution in [0.5, 0.6) is 0 Å². The number of allylic oxidation sites excluding steroid dienone is 2. The van der Waals surface area contributed by atoms with Crippen molar-refractivity contribution in [3.63, 3.8) is 0 Å². The van der Waals surface area contributed by atoms with E-state index in [0.29, 0.717) is 6.42 Å². The summed E-state index contributed by atoms with van der Waals surface area (Å²) in [5, 5.41) is 0. The second-order valence-electron chi connectivity index (χ2n) is 2.94.